The molecule has 0 aromatic heterocycles. The van der Waals surface area contributed by atoms with Gasteiger partial charge in [0.05, 0.1) is 15.6 Å². The molecule has 0 aliphatic heterocycles. The van der Waals surface area contributed by atoms with Crippen molar-refractivity contribution >= 4 is 33.2 Å². The molecule has 19 heavy (non-hydrogen) atoms. The summed E-state index contributed by atoms with van der Waals surface area (Å²) in [5.41, 5.74) is 11.4. The first-order valence-corrected chi connectivity index (χ1v) is 7.36. The fraction of sp³-hybridized carbons (Fsp3) is 0.364. The summed E-state index contributed by atoms with van der Waals surface area (Å²) < 4.78 is 26.5. The highest BCUT2D eigenvalue weighted by Crippen LogP contribution is 2.26. The highest BCUT2D eigenvalue weighted by molar-refractivity contribution is 7.89. The second-order valence-electron chi connectivity index (χ2n) is 4.34. The molecule has 0 saturated carbocycles. The van der Waals surface area contributed by atoms with Crippen LogP contribution in [0, 0.1) is 6.92 Å². The smallest absolute Gasteiger partial charge is 0.240 e. The van der Waals surface area contributed by atoms with Gasteiger partial charge in [0.25, 0.3) is 0 Å². The number of anilines is 1. The van der Waals surface area contributed by atoms with Crippen LogP contribution in [0.4, 0.5) is 5.69 Å². The van der Waals surface area contributed by atoms with E-state index < -0.39 is 22.0 Å². The van der Waals surface area contributed by atoms with Gasteiger partial charge in [0.1, 0.15) is 0 Å². The topological polar surface area (TPSA) is 115 Å². The van der Waals surface area contributed by atoms with E-state index in [2.05, 4.69) is 4.72 Å². The SMILES string of the molecule is Cc1cc(S(=O)(=O)NC(C)CC(N)=O)cc(N)c1Cl. The molecular weight excluding hydrogens is 290 g/mol. The van der Waals surface area contributed by atoms with Crippen molar-refractivity contribution in [1.29, 1.82) is 0 Å². The van der Waals surface area contributed by atoms with Crippen molar-refractivity contribution in [3.63, 3.8) is 0 Å². The maximum Gasteiger partial charge on any atom is 0.240 e. The van der Waals surface area contributed by atoms with Gasteiger partial charge in [-0.05, 0) is 31.5 Å². The van der Waals surface area contributed by atoms with Crippen LogP contribution in [-0.2, 0) is 14.8 Å². The lowest BCUT2D eigenvalue weighted by atomic mass is 10.2. The van der Waals surface area contributed by atoms with Gasteiger partial charge in [-0.1, -0.05) is 11.6 Å². The van der Waals surface area contributed by atoms with Gasteiger partial charge in [0.15, 0.2) is 0 Å². The Hall–Kier alpha value is -1.31. The molecule has 0 saturated heterocycles. The van der Waals surface area contributed by atoms with Gasteiger partial charge in [-0.2, -0.15) is 0 Å². The zero-order valence-electron chi connectivity index (χ0n) is 10.6. The Morgan fingerprint density at radius 1 is 1.47 bits per heavy atom. The highest BCUT2D eigenvalue weighted by Gasteiger charge is 2.20. The predicted molar refractivity (Wildman–Crippen MR) is 74.2 cm³/mol. The number of sulfonamides is 1. The Bertz CT molecular complexity index is 578. The van der Waals surface area contributed by atoms with E-state index in [1.807, 2.05) is 0 Å². The van der Waals surface area contributed by atoms with Crippen molar-refractivity contribution in [3.8, 4) is 0 Å². The monoisotopic (exact) mass is 305 g/mol. The minimum atomic E-state index is -3.76. The van der Waals surface area contributed by atoms with E-state index in [-0.39, 0.29) is 17.0 Å². The number of primary amides is 1. The van der Waals surface area contributed by atoms with E-state index in [1.54, 1.807) is 13.8 Å². The van der Waals surface area contributed by atoms with Crippen molar-refractivity contribution in [1.82, 2.24) is 4.72 Å². The molecule has 0 heterocycles. The Morgan fingerprint density at radius 3 is 2.53 bits per heavy atom. The Balaban J connectivity index is 3.04. The first-order valence-electron chi connectivity index (χ1n) is 5.49. The molecule has 1 amide bonds. The van der Waals surface area contributed by atoms with Gasteiger partial charge >= 0.3 is 0 Å². The van der Waals surface area contributed by atoms with Gasteiger partial charge < -0.3 is 11.5 Å². The van der Waals surface area contributed by atoms with Crippen LogP contribution in [0.2, 0.25) is 5.02 Å². The number of hydrogen-bond donors (Lipinski definition) is 3. The van der Waals surface area contributed by atoms with Crippen molar-refractivity contribution in [2.75, 3.05) is 5.73 Å². The predicted octanol–water partition coefficient (Wildman–Crippen LogP) is 0.773. The van der Waals surface area contributed by atoms with E-state index in [0.29, 0.717) is 10.6 Å². The second kappa shape index (κ2) is 5.77. The van der Waals surface area contributed by atoms with Gasteiger partial charge in [0, 0.05) is 12.5 Å². The summed E-state index contributed by atoms with van der Waals surface area (Å²) in [7, 11) is -3.76. The number of halogens is 1. The second-order valence-corrected chi connectivity index (χ2v) is 6.43. The number of nitrogens with two attached hydrogens (primary N) is 2. The van der Waals surface area contributed by atoms with Crippen molar-refractivity contribution < 1.29 is 13.2 Å². The summed E-state index contributed by atoms with van der Waals surface area (Å²) >= 11 is 5.87. The maximum atomic E-state index is 12.1. The third kappa shape index (κ3) is 4.09. The molecule has 0 fully saturated rings. The molecule has 0 spiro atoms. The largest absolute Gasteiger partial charge is 0.397 e. The summed E-state index contributed by atoms with van der Waals surface area (Å²) in [5.74, 6) is -0.581. The number of rotatable bonds is 5. The summed E-state index contributed by atoms with van der Waals surface area (Å²) in [4.78, 5) is 10.7. The van der Waals surface area contributed by atoms with Gasteiger partial charge in [0.2, 0.25) is 15.9 Å². The lowest BCUT2D eigenvalue weighted by Crippen LogP contribution is -2.35. The lowest BCUT2D eigenvalue weighted by molar-refractivity contribution is -0.118. The molecule has 1 aromatic rings. The van der Waals surface area contributed by atoms with E-state index in [9.17, 15) is 13.2 Å². The zero-order valence-corrected chi connectivity index (χ0v) is 12.2. The van der Waals surface area contributed by atoms with E-state index in [4.69, 9.17) is 23.1 Å². The number of aryl methyl sites for hydroxylation is 1. The molecule has 0 radical (unpaired) electrons. The number of hydrogen-bond acceptors (Lipinski definition) is 4. The van der Waals surface area contributed by atoms with Crippen molar-refractivity contribution in [3.05, 3.63) is 22.7 Å². The van der Waals surface area contributed by atoms with Crippen LogP contribution in [0.25, 0.3) is 0 Å². The average molecular weight is 306 g/mol. The molecule has 5 N–H and O–H groups in total. The average Bonchev–Trinajstić information content (AvgIpc) is 2.22. The maximum absolute atomic E-state index is 12.1. The first-order chi connectivity index (χ1) is 8.63. The number of nitrogen functional groups attached to an aromatic ring is 1. The number of amides is 1. The molecule has 1 atom stereocenters. The van der Waals surface area contributed by atoms with Crippen LogP contribution in [-0.4, -0.2) is 20.4 Å². The zero-order chi connectivity index (χ0) is 14.8. The molecule has 6 nitrogen and oxygen atoms in total. The highest BCUT2D eigenvalue weighted by atomic mass is 35.5. The minimum Gasteiger partial charge on any atom is -0.397 e. The van der Waals surface area contributed by atoms with Gasteiger partial charge in [-0.25, -0.2) is 13.1 Å². The van der Waals surface area contributed by atoms with Gasteiger partial charge in [-0.3, -0.25) is 4.79 Å². The molecule has 0 aliphatic rings. The molecule has 1 unspecified atom stereocenters. The van der Waals surface area contributed by atoms with E-state index in [0.717, 1.165) is 0 Å². The fourth-order valence-corrected chi connectivity index (χ4v) is 3.07. The van der Waals surface area contributed by atoms with Gasteiger partial charge in [-0.15, -0.1) is 0 Å². The number of nitrogens with one attached hydrogen (secondary N) is 1. The van der Waals surface area contributed by atoms with Crippen LogP contribution in [0.5, 0.6) is 0 Å². The van der Waals surface area contributed by atoms with E-state index in [1.165, 1.54) is 12.1 Å². The standard InChI is InChI=1S/C11H16ClN3O3S/c1-6-3-8(5-9(13)11(6)12)19(17,18)15-7(2)4-10(14)16/h3,5,7,15H,4,13H2,1-2H3,(H2,14,16). The summed E-state index contributed by atoms with van der Waals surface area (Å²) in [6.45, 7) is 3.21. The first kappa shape index (κ1) is 15.7. The Labute approximate surface area is 117 Å². The Kier molecular flexibility index (Phi) is 4.78. The number of carbonyl (C=O) groups excluding carboxylic acids is 1. The molecule has 0 aliphatic carbocycles. The van der Waals surface area contributed by atoms with Crippen molar-refractivity contribution in [2.45, 2.75) is 31.2 Å². The van der Waals surface area contributed by atoms with Crippen LogP contribution in [0.3, 0.4) is 0 Å². The molecule has 1 rings (SSSR count). The van der Waals surface area contributed by atoms with E-state index >= 15 is 0 Å². The molecule has 1 aromatic carbocycles. The summed E-state index contributed by atoms with van der Waals surface area (Å²) in [6, 6.07) is 2.09. The lowest BCUT2D eigenvalue weighted by Gasteiger charge is -2.14. The van der Waals surface area contributed by atoms with Crippen LogP contribution < -0.4 is 16.2 Å². The van der Waals surface area contributed by atoms with Crippen molar-refractivity contribution in [2.24, 2.45) is 5.73 Å². The minimum absolute atomic E-state index is 0.00298. The normalized spacial score (nSPS) is 13.2. The third-order valence-electron chi connectivity index (χ3n) is 2.43. The number of carbonyl (C=O) groups is 1. The Morgan fingerprint density at radius 2 is 2.05 bits per heavy atom. The van der Waals surface area contributed by atoms with Crippen LogP contribution in [0.1, 0.15) is 18.9 Å². The van der Waals surface area contributed by atoms with Crippen LogP contribution in [0.15, 0.2) is 17.0 Å². The number of benzene rings is 1. The molecular formula is C11H16ClN3O3S. The summed E-state index contributed by atoms with van der Waals surface area (Å²) in [5, 5.41) is 0.323. The molecule has 0 bridgehead atoms. The summed E-state index contributed by atoms with van der Waals surface area (Å²) in [6.07, 6.45) is -0.0821. The molecule has 8 heteroatoms. The quantitative estimate of drug-likeness (QED) is 0.697. The molecule has 106 valence electrons. The third-order valence-corrected chi connectivity index (χ3v) is 4.52. The van der Waals surface area contributed by atoms with Crippen LogP contribution >= 0.6 is 11.6 Å². The fourth-order valence-electron chi connectivity index (χ4n) is 1.59.